The second-order valence-corrected chi connectivity index (χ2v) is 13.7. The van der Waals surface area contributed by atoms with Crippen LogP contribution in [0.4, 0.5) is 19.0 Å². The highest BCUT2D eigenvalue weighted by molar-refractivity contribution is 7.23. The number of rotatable bonds is 7. The second kappa shape index (κ2) is 11.4. The number of fused-ring (bicyclic) bond motifs is 5. The summed E-state index contributed by atoms with van der Waals surface area (Å²) in [5.41, 5.74) is 4.75. The number of aromatic amines is 1. The van der Waals surface area contributed by atoms with Gasteiger partial charge in [-0.1, -0.05) is 12.1 Å². The fourth-order valence-electron chi connectivity index (χ4n) is 7.61. The van der Waals surface area contributed by atoms with Gasteiger partial charge in [0.25, 0.3) is 11.8 Å². The molecule has 2 aliphatic heterocycles. The van der Waals surface area contributed by atoms with Crippen molar-refractivity contribution in [3.8, 4) is 21.9 Å². The number of nitrogens with one attached hydrogen (secondary N) is 2. The zero-order valence-electron chi connectivity index (χ0n) is 25.9. The van der Waals surface area contributed by atoms with Crippen molar-refractivity contribution in [1.29, 1.82) is 0 Å². The van der Waals surface area contributed by atoms with Crippen LogP contribution in [-0.2, 0) is 19.3 Å². The fourth-order valence-corrected chi connectivity index (χ4v) is 8.77. The highest BCUT2D eigenvalue weighted by atomic mass is 32.1. The number of hydrogen-bond acceptors (Lipinski definition) is 8. The molecule has 1 saturated heterocycles. The molecule has 4 aromatic heterocycles. The molecule has 2 unspecified atom stereocenters. The molecule has 13 heteroatoms. The summed E-state index contributed by atoms with van der Waals surface area (Å²) in [7, 11) is 0. The molecular formula is C36H27F3N6O3S. The summed E-state index contributed by atoms with van der Waals surface area (Å²) in [5, 5.41) is 10.8. The lowest BCUT2D eigenvalue weighted by atomic mass is 9.93. The molecule has 2 atom stereocenters. The van der Waals surface area contributed by atoms with E-state index in [0.717, 1.165) is 39.4 Å². The zero-order chi connectivity index (χ0) is 33.4. The van der Waals surface area contributed by atoms with Gasteiger partial charge in [0.15, 0.2) is 0 Å². The Hall–Kier alpha value is -5.30. The molecule has 49 heavy (non-hydrogen) atoms. The molecule has 3 aliphatic rings. The Labute approximate surface area is 280 Å². The quantitative estimate of drug-likeness (QED) is 0.182. The Balaban J connectivity index is 1.21. The summed E-state index contributed by atoms with van der Waals surface area (Å²) >= 11 is 1.41. The average molecular weight is 681 g/mol. The van der Waals surface area contributed by atoms with Gasteiger partial charge in [0, 0.05) is 29.2 Å². The first kappa shape index (κ1) is 29.8. The van der Waals surface area contributed by atoms with Gasteiger partial charge in [-0.25, -0.2) is 28.0 Å². The summed E-state index contributed by atoms with van der Waals surface area (Å²) in [6.45, 7) is 0.617. The van der Waals surface area contributed by atoms with Gasteiger partial charge in [0.1, 0.15) is 23.3 Å². The molecule has 1 fully saturated rings. The number of anilines is 1. The van der Waals surface area contributed by atoms with Crippen molar-refractivity contribution < 1.29 is 22.4 Å². The lowest BCUT2D eigenvalue weighted by molar-refractivity contribution is 0.0776. The first-order valence-corrected chi connectivity index (χ1v) is 17.0. The first-order valence-electron chi connectivity index (χ1n) is 16.1. The molecule has 9 rings (SSSR count). The van der Waals surface area contributed by atoms with Crippen LogP contribution in [-0.4, -0.2) is 37.5 Å². The molecule has 0 radical (unpaired) electrons. The van der Waals surface area contributed by atoms with Crippen LogP contribution in [0.5, 0.6) is 0 Å². The maximum Gasteiger partial charge on any atom is 0.434 e. The number of H-pyrrole nitrogens is 1. The number of carbonyl (C=O) groups excluding carboxylic acids is 1. The number of aromatic nitrogens is 4. The Morgan fingerprint density at radius 2 is 1.84 bits per heavy atom. The number of nitrogens with zero attached hydrogens (tertiary/aromatic N) is 4. The molecule has 2 aromatic carbocycles. The van der Waals surface area contributed by atoms with Crippen LogP contribution in [0.15, 0.2) is 63.9 Å². The van der Waals surface area contributed by atoms with Crippen molar-refractivity contribution in [3.63, 3.8) is 0 Å². The van der Waals surface area contributed by atoms with E-state index in [4.69, 9.17) is 9.40 Å². The van der Waals surface area contributed by atoms with Crippen molar-refractivity contribution >= 4 is 33.1 Å². The highest BCUT2D eigenvalue weighted by Crippen LogP contribution is 2.50. The Morgan fingerprint density at radius 1 is 0.980 bits per heavy atom. The van der Waals surface area contributed by atoms with Crippen molar-refractivity contribution in [3.05, 3.63) is 116 Å². The standard InChI is InChI=1S/C36H27F3N6O3S/c37-19-6-3-17(4-7-19)5-9-25-28(34-43-44-36(47)48-34)29(30-31(41-25)26-2-1-13-45(26)35(30)46)27-14-18-11-12-40-33(32(18)49-27)42-24-10-8-21-22(24)15-20(38)16-23(21)39/h3-4,6-7,11-12,14-16,24,26H,1-2,5,8-10,13H2,(H,40,42)(H,44,47). The summed E-state index contributed by atoms with van der Waals surface area (Å²) < 4.78 is 48.8. The van der Waals surface area contributed by atoms with Crippen molar-refractivity contribution in [1.82, 2.24) is 25.1 Å². The maximum atomic E-state index is 14.5. The van der Waals surface area contributed by atoms with E-state index in [9.17, 15) is 22.8 Å². The third-order valence-electron chi connectivity index (χ3n) is 9.80. The molecule has 9 nitrogen and oxygen atoms in total. The second-order valence-electron chi connectivity index (χ2n) is 12.6. The van der Waals surface area contributed by atoms with E-state index in [1.54, 1.807) is 18.3 Å². The monoisotopic (exact) mass is 680 g/mol. The number of benzene rings is 2. The Bertz CT molecular complexity index is 2370. The van der Waals surface area contributed by atoms with E-state index in [0.29, 0.717) is 77.3 Å². The molecule has 6 heterocycles. The number of hydrogen-bond donors (Lipinski definition) is 2. The predicted molar refractivity (Wildman–Crippen MR) is 177 cm³/mol. The zero-order valence-corrected chi connectivity index (χ0v) is 26.7. The lowest BCUT2D eigenvalue weighted by Gasteiger charge is -2.16. The van der Waals surface area contributed by atoms with Crippen LogP contribution < -0.4 is 11.1 Å². The van der Waals surface area contributed by atoms with Gasteiger partial charge in [-0.2, -0.15) is 0 Å². The number of pyridine rings is 2. The minimum atomic E-state index is -0.741. The van der Waals surface area contributed by atoms with Gasteiger partial charge in [0.2, 0.25) is 0 Å². The third kappa shape index (κ3) is 4.94. The number of aryl methyl sites for hydroxylation is 2. The van der Waals surface area contributed by atoms with Gasteiger partial charge in [-0.05, 0) is 90.9 Å². The number of halogens is 3. The smallest absolute Gasteiger partial charge is 0.388 e. The first-order chi connectivity index (χ1) is 23.8. The predicted octanol–water partition coefficient (Wildman–Crippen LogP) is 7.29. The molecule has 0 spiro atoms. The van der Waals surface area contributed by atoms with Gasteiger partial charge in [-0.15, -0.1) is 16.4 Å². The SMILES string of the molecule is O=C1c2c(nc(CCc3ccc(F)cc3)c(-c3n[nH]c(=O)o3)c2-c2cc3ccnc(NC4CCc5c(F)cc(F)cc54)c3s2)C2CCCN12. The topological polar surface area (TPSA) is 117 Å². The highest BCUT2D eigenvalue weighted by Gasteiger charge is 2.45. The van der Waals surface area contributed by atoms with Gasteiger partial charge in [0.05, 0.1) is 39.3 Å². The van der Waals surface area contributed by atoms with Crippen molar-refractivity contribution in [2.75, 3.05) is 11.9 Å². The molecule has 2 N–H and O–H groups in total. The molecule has 0 bridgehead atoms. The number of carbonyl (C=O) groups is 1. The normalized spacial score (nSPS) is 17.9. The largest absolute Gasteiger partial charge is 0.434 e. The van der Waals surface area contributed by atoms with E-state index in [1.165, 1.54) is 29.5 Å². The van der Waals surface area contributed by atoms with Crippen LogP contribution in [0.3, 0.4) is 0 Å². The summed E-state index contributed by atoms with van der Waals surface area (Å²) in [4.78, 5) is 38.7. The summed E-state index contributed by atoms with van der Waals surface area (Å²) in [6, 6.07) is 11.9. The fraction of sp³-hybridized carbons (Fsp3) is 0.250. The van der Waals surface area contributed by atoms with Crippen LogP contribution in [0, 0.1) is 17.5 Å². The summed E-state index contributed by atoms with van der Waals surface area (Å²) in [5.74, 6) is -1.81. The van der Waals surface area contributed by atoms with Gasteiger partial charge < -0.3 is 14.6 Å². The van der Waals surface area contributed by atoms with E-state index in [1.807, 2.05) is 17.0 Å². The molecule has 1 aliphatic carbocycles. The van der Waals surface area contributed by atoms with Crippen LogP contribution in [0.2, 0.25) is 0 Å². The third-order valence-corrected chi connectivity index (χ3v) is 11.0. The average Bonchev–Trinajstić information content (AvgIpc) is 3.92. The Kier molecular flexibility index (Phi) is 6.94. The van der Waals surface area contributed by atoms with Gasteiger partial charge in [-0.3, -0.25) is 9.78 Å². The minimum Gasteiger partial charge on any atom is -0.388 e. The van der Waals surface area contributed by atoms with Crippen molar-refractivity contribution in [2.24, 2.45) is 0 Å². The molecular weight excluding hydrogens is 653 g/mol. The Morgan fingerprint density at radius 3 is 2.65 bits per heavy atom. The van der Waals surface area contributed by atoms with Crippen LogP contribution in [0.25, 0.3) is 32.0 Å². The number of thiophene rings is 1. The minimum absolute atomic E-state index is 0.0183. The van der Waals surface area contributed by atoms with Crippen LogP contribution in [0.1, 0.15) is 69.8 Å². The van der Waals surface area contributed by atoms with E-state index >= 15 is 0 Å². The van der Waals surface area contributed by atoms with Crippen molar-refractivity contribution in [2.45, 2.75) is 50.6 Å². The van der Waals surface area contributed by atoms with Gasteiger partial charge >= 0.3 is 5.76 Å². The molecule has 1 amide bonds. The maximum absolute atomic E-state index is 14.5. The summed E-state index contributed by atoms with van der Waals surface area (Å²) in [6.07, 6.45) is 5.31. The van der Waals surface area contributed by atoms with E-state index in [2.05, 4.69) is 20.5 Å². The molecule has 0 saturated carbocycles. The van der Waals surface area contributed by atoms with E-state index < -0.39 is 17.4 Å². The van der Waals surface area contributed by atoms with E-state index in [-0.39, 0.29) is 29.7 Å². The lowest BCUT2D eigenvalue weighted by Crippen LogP contribution is -2.22. The molecule has 6 aromatic rings. The number of amides is 1. The molecule has 246 valence electrons. The van der Waals surface area contributed by atoms with Crippen LogP contribution >= 0.6 is 11.3 Å².